The maximum atomic E-state index is 12.7. The van der Waals surface area contributed by atoms with Gasteiger partial charge in [0.2, 0.25) is 5.91 Å². The lowest BCUT2D eigenvalue weighted by atomic mass is 9.98. The molecule has 146 valence electrons. The summed E-state index contributed by atoms with van der Waals surface area (Å²) in [5, 5.41) is 6.13. The van der Waals surface area contributed by atoms with E-state index in [2.05, 4.69) is 10.7 Å². The third-order valence-electron chi connectivity index (χ3n) is 4.78. The molecule has 27 heavy (non-hydrogen) atoms. The lowest BCUT2D eigenvalue weighted by Gasteiger charge is -2.31. The summed E-state index contributed by atoms with van der Waals surface area (Å²) in [5.74, 6) is 0.545. The smallest absolute Gasteiger partial charge is 0.263 e. The van der Waals surface area contributed by atoms with Crippen molar-refractivity contribution in [2.45, 2.75) is 46.0 Å². The number of carbonyl (C=O) groups is 2. The van der Waals surface area contributed by atoms with Crippen LogP contribution in [0.4, 0.5) is 0 Å². The number of likely N-dealkylation sites (tertiary alicyclic amines) is 1. The van der Waals surface area contributed by atoms with E-state index in [9.17, 15) is 9.59 Å². The summed E-state index contributed by atoms with van der Waals surface area (Å²) in [4.78, 5) is 33.1. The first kappa shape index (κ1) is 20.0. The second kappa shape index (κ2) is 8.97. The Kier molecular flexibility index (Phi) is 6.65. The Morgan fingerprint density at radius 2 is 2.19 bits per heavy atom. The van der Waals surface area contributed by atoms with Crippen LogP contribution in [0, 0.1) is 12.8 Å². The van der Waals surface area contributed by atoms with Crippen molar-refractivity contribution in [2.24, 2.45) is 5.92 Å². The van der Waals surface area contributed by atoms with Gasteiger partial charge >= 0.3 is 0 Å². The molecule has 1 N–H and O–H groups in total. The van der Waals surface area contributed by atoms with Gasteiger partial charge in [0, 0.05) is 48.1 Å². The van der Waals surface area contributed by atoms with E-state index in [1.54, 1.807) is 22.7 Å². The number of piperidine rings is 1. The van der Waals surface area contributed by atoms with E-state index in [4.69, 9.17) is 4.98 Å². The van der Waals surface area contributed by atoms with Crippen LogP contribution < -0.4 is 5.32 Å². The van der Waals surface area contributed by atoms with Crippen LogP contribution in [0.3, 0.4) is 0 Å². The van der Waals surface area contributed by atoms with Gasteiger partial charge in [-0.25, -0.2) is 4.98 Å². The zero-order valence-electron chi connectivity index (χ0n) is 16.2. The molecule has 5 nitrogen and oxygen atoms in total. The minimum Gasteiger partial charge on any atom is -0.355 e. The molecule has 3 rings (SSSR count). The Balaban J connectivity index is 1.56. The van der Waals surface area contributed by atoms with Crippen molar-refractivity contribution in [1.29, 1.82) is 0 Å². The molecule has 1 atom stereocenters. The molecular weight excluding hydrogens is 378 g/mol. The van der Waals surface area contributed by atoms with Gasteiger partial charge in [-0.3, -0.25) is 9.59 Å². The molecule has 0 aliphatic carbocycles. The zero-order valence-corrected chi connectivity index (χ0v) is 17.8. The molecule has 2 amide bonds. The van der Waals surface area contributed by atoms with E-state index in [-0.39, 0.29) is 17.7 Å². The molecule has 2 aromatic rings. The van der Waals surface area contributed by atoms with Crippen LogP contribution in [-0.4, -0.2) is 41.3 Å². The molecule has 0 spiro atoms. The van der Waals surface area contributed by atoms with E-state index in [0.29, 0.717) is 12.5 Å². The summed E-state index contributed by atoms with van der Waals surface area (Å²) >= 11 is 3.24. The van der Waals surface area contributed by atoms with Gasteiger partial charge in [0.15, 0.2) is 0 Å². The predicted molar refractivity (Wildman–Crippen MR) is 111 cm³/mol. The SMILES string of the molecule is Cc1ccc(C(=O)N2CCCC(c3nc(CCNC(=O)C(C)C)cs3)C2)s1. The standard InChI is InChI=1S/C20H27N3O2S2/c1-13(2)18(24)21-9-8-16-12-26-19(22-16)15-5-4-10-23(11-15)20(25)17-7-6-14(3)27-17/h6-7,12-13,15H,4-5,8-11H2,1-3H3,(H,21,24). The van der Waals surface area contributed by atoms with E-state index in [0.717, 1.165) is 47.9 Å². The van der Waals surface area contributed by atoms with Gasteiger partial charge in [-0.05, 0) is 31.9 Å². The Morgan fingerprint density at radius 1 is 1.37 bits per heavy atom. The number of nitrogens with one attached hydrogen (secondary N) is 1. The first-order valence-electron chi connectivity index (χ1n) is 9.51. The fourth-order valence-electron chi connectivity index (χ4n) is 3.21. The molecule has 3 heterocycles. The highest BCUT2D eigenvalue weighted by Gasteiger charge is 2.27. The van der Waals surface area contributed by atoms with Crippen molar-refractivity contribution < 1.29 is 9.59 Å². The van der Waals surface area contributed by atoms with Crippen LogP contribution in [-0.2, 0) is 11.2 Å². The molecule has 0 aromatic carbocycles. The molecule has 1 fully saturated rings. The highest BCUT2D eigenvalue weighted by molar-refractivity contribution is 7.13. The molecule has 2 aromatic heterocycles. The van der Waals surface area contributed by atoms with Gasteiger partial charge in [-0.15, -0.1) is 22.7 Å². The fraction of sp³-hybridized carbons (Fsp3) is 0.550. The van der Waals surface area contributed by atoms with Crippen LogP contribution in [0.1, 0.15) is 57.9 Å². The van der Waals surface area contributed by atoms with Gasteiger partial charge < -0.3 is 10.2 Å². The number of amides is 2. The van der Waals surface area contributed by atoms with Crippen LogP contribution >= 0.6 is 22.7 Å². The third kappa shape index (κ3) is 5.17. The molecule has 1 unspecified atom stereocenters. The number of hydrogen-bond donors (Lipinski definition) is 1. The number of aryl methyl sites for hydroxylation is 1. The number of rotatable bonds is 6. The van der Waals surface area contributed by atoms with Gasteiger partial charge in [0.1, 0.15) is 0 Å². The molecule has 1 saturated heterocycles. The van der Waals surface area contributed by atoms with Crippen molar-refractivity contribution in [2.75, 3.05) is 19.6 Å². The summed E-state index contributed by atoms with van der Waals surface area (Å²) in [5.41, 5.74) is 1.02. The van der Waals surface area contributed by atoms with Crippen LogP contribution in [0.15, 0.2) is 17.5 Å². The summed E-state index contributed by atoms with van der Waals surface area (Å²) in [6, 6.07) is 3.93. The van der Waals surface area contributed by atoms with Crippen molar-refractivity contribution in [3.8, 4) is 0 Å². The van der Waals surface area contributed by atoms with Crippen LogP contribution in [0.2, 0.25) is 0 Å². The Bertz CT molecular complexity index is 797. The van der Waals surface area contributed by atoms with Crippen molar-refractivity contribution in [3.05, 3.63) is 38.0 Å². The molecule has 1 aliphatic heterocycles. The number of nitrogens with zero attached hydrogens (tertiary/aromatic N) is 2. The number of thiazole rings is 1. The second-order valence-corrected chi connectivity index (χ2v) is 9.55. The van der Waals surface area contributed by atoms with Crippen molar-refractivity contribution in [1.82, 2.24) is 15.2 Å². The minimum absolute atomic E-state index is 0.00823. The van der Waals surface area contributed by atoms with E-state index in [1.165, 1.54) is 4.88 Å². The summed E-state index contributed by atoms with van der Waals surface area (Å²) in [6.45, 7) is 8.00. The van der Waals surface area contributed by atoms with E-state index < -0.39 is 0 Å². The Labute approximate surface area is 168 Å². The maximum absolute atomic E-state index is 12.7. The number of carbonyl (C=O) groups excluding carboxylic acids is 2. The third-order valence-corrected chi connectivity index (χ3v) is 6.83. The largest absolute Gasteiger partial charge is 0.355 e. The predicted octanol–water partition coefficient (Wildman–Crippen LogP) is 3.85. The van der Waals surface area contributed by atoms with Gasteiger partial charge in [-0.2, -0.15) is 0 Å². The van der Waals surface area contributed by atoms with Crippen LogP contribution in [0.25, 0.3) is 0 Å². The van der Waals surface area contributed by atoms with Gasteiger partial charge in [-0.1, -0.05) is 13.8 Å². The summed E-state index contributed by atoms with van der Waals surface area (Å²) in [6.07, 6.45) is 2.84. The average Bonchev–Trinajstić information content (AvgIpc) is 3.30. The summed E-state index contributed by atoms with van der Waals surface area (Å²) < 4.78 is 0. The molecule has 0 radical (unpaired) electrons. The summed E-state index contributed by atoms with van der Waals surface area (Å²) in [7, 11) is 0. The minimum atomic E-state index is 0.00823. The first-order valence-corrected chi connectivity index (χ1v) is 11.2. The zero-order chi connectivity index (χ0) is 19.4. The highest BCUT2D eigenvalue weighted by atomic mass is 32.1. The topological polar surface area (TPSA) is 62.3 Å². The number of thiophene rings is 1. The lowest BCUT2D eigenvalue weighted by Crippen LogP contribution is -2.38. The van der Waals surface area contributed by atoms with E-state index >= 15 is 0 Å². The van der Waals surface area contributed by atoms with E-state index in [1.807, 2.05) is 37.8 Å². The molecule has 0 bridgehead atoms. The molecule has 7 heteroatoms. The quantitative estimate of drug-likeness (QED) is 0.794. The monoisotopic (exact) mass is 405 g/mol. The molecule has 0 saturated carbocycles. The van der Waals surface area contributed by atoms with Gasteiger partial charge in [0.05, 0.1) is 15.6 Å². The number of hydrogen-bond acceptors (Lipinski definition) is 5. The van der Waals surface area contributed by atoms with Gasteiger partial charge in [0.25, 0.3) is 5.91 Å². The second-order valence-electron chi connectivity index (χ2n) is 7.37. The highest BCUT2D eigenvalue weighted by Crippen LogP contribution is 2.30. The Hall–Kier alpha value is -1.73. The molecular formula is C20H27N3O2S2. The number of aromatic nitrogens is 1. The average molecular weight is 406 g/mol. The first-order chi connectivity index (χ1) is 12.9. The van der Waals surface area contributed by atoms with Crippen LogP contribution in [0.5, 0.6) is 0 Å². The van der Waals surface area contributed by atoms with Crippen molar-refractivity contribution in [3.63, 3.8) is 0 Å². The molecule has 1 aliphatic rings. The maximum Gasteiger partial charge on any atom is 0.263 e. The Morgan fingerprint density at radius 3 is 2.89 bits per heavy atom. The lowest BCUT2D eigenvalue weighted by molar-refractivity contribution is -0.123. The van der Waals surface area contributed by atoms with Crippen molar-refractivity contribution >= 4 is 34.5 Å². The fourth-order valence-corrected chi connectivity index (χ4v) is 5.03. The normalized spacial score (nSPS) is 17.3.